The van der Waals surface area contributed by atoms with Gasteiger partial charge in [-0.1, -0.05) is 54.6 Å². The SMILES string of the molecule is c1ccc(-c2ccc(-c3cc4c(oc5cccc(-c6ccc(-c7cccnc7)nc6)c54)c4ccccc34)cn2)nc1. The van der Waals surface area contributed by atoms with Crippen LogP contribution in [0.3, 0.4) is 0 Å². The van der Waals surface area contributed by atoms with Gasteiger partial charge < -0.3 is 4.42 Å². The molecule has 0 aliphatic heterocycles. The molecule has 0 radical (unpaired) electrons. The number of pyridine rings is 4. The lowest BCUT2D eigenvalue weighted by Gasteiger charge is -2.10. The molecule has 8 rings (SSSR count). The molecule has 3 aromatic carbocycles. The van der Waals surface area contributed by atoms with Crippen molar-refractivity contribution in [2.45, 2.75) is 0 Å². The van der Waals surface area contributed by atoms with Crippen molar-refractivity contribution in [2.75, 3.05) is 0 Å². The second-order valence-electron chi connectivity index (χ2n) is 9.95. The molecule has 0 aliphatic carbocycles. The summed E-state index contributed by atoms with van der Waals surface area (Å²) in [6, 6.07) is 35.0. The van der Waals surface area contributed by atoms with Crippen LogP contribution in [0.25, 0.3) is 77.6 Å². The fourth-order valence-corrected chi connectivity index (χ4v) is 5.58. The number of fused-ring (bicyclic) bond motifs is 5. The summed E-state index contributed by atoms with van der Waals surface area (Å²) in [4.78, 5) is 18.2. The monoisotopic (exact) mass is 526 g/mol. The average Bonchev–Trinajstić information content (AvgIpc) is 3.45. The van der Waals surface area contributed by atoms with Crippen LogP contribution in [0.5, 0.6) is 0 Å². The molecule has 0 N–H and O–H groups in total. The van der Waals surface area contributed by atoms with Crippen molar-refractivity contribution in [1.29, 1.82) is 0 Å². The summed E-state index contributed by atoms with van der Waals surface area (Å²) in [5.41, 5.74) is 9.56. The molecule has 0 saturated carbocycles. The Hall–Kier alpha value is -5.68. The van der Waals surface area contributed by atoms with Crippen LogP contribution < -0.4 is 0 Å². The minimum Gasteiger partial charge on any atom is -0.455 e. The summed E-state index contributed by atoms with van der Waals surface area (Å²) in [6.45, 7) is 0. The Morgan fingerprint density at radius 1 is 0.463 bits per heavy atom. The second-order valence-corrected chi connectivity index (χ2v) is 9.95. The third-order valence-electron chi connectivity index (χ3n) is 7.54. The van der Waals surface area contributed by atoms with Gasteiger partial charge in [-0.25, -0.2) is 0 Å². The van der Waals surface area contributed by atoms with Gasteiger partial charge in [-0.15, -0.1) is 0 Å². The van der Waals surface area contributed by atoms with E-state index in [1.807, 2.05) is 73.2 Å². The minimum atomic E-state index is 0.845. The second kappa shape index (κ2) is 9.50. The Labute approximate surface area is 235 Å². The number of aromatic nitrogens is 4. The topological polar surface area (TPSA) is 64.7 Å². The molecule has 0 saturated heterocycles. The molecule has 5 heteroatoms. The van der Waals surface area contributed by atoms with E-state index >= 15 is 0 Å². The summed E-state index contributed by atoms with van der Waals surface area (Å²) in [7, 11) is 0. The van der Waals surface area contributed by atoms with Crippen LogP contribution in [0.2, 0.25) is 0 Å². The molecule has 5 aromatic heterocycles. The summed E-state index contributed by atoms with van der Waals surface area (Å²) >= 11 is 0. The summed E-state index contributed by atoms with van der Waals surface area (Å²) in [5.74, 6) is 0. The molecule has 0 bridgehead atoms. The minimum absolute atomic E-state index is 0.845. The maximum absolute atomic E-state index is 6.54. The molecule has 0 atom stereocenters. The highest BCUT2D eigenvalue weighted by Crippen LogP contribution is 2.43. The third-order valence-corrected chi connectivity index (χ3v) is 7.54. The predicted molar refractivity (Wildman–Crippen MR) is 164 cm³/mol. The quantitative estimate of drug-likeness (QED) is 0.229. The highest BCUT2D eigenvalue weighted by molar-refractivity contribution is 6.22. The zero-order valence-corrected chi connectivity index (χ0v) is 21.9. The largest absolute Gasteiger partial charge is 0.455 e. The third kappa shape index (κ3) is 3.95. The van der Waals surface area contributed by atoms with Crippen molar-refractivity contribution in [3.8, 4) is 44.9 Å². The molecule has 8 aromatic rings. The zero-order chi connectivity index (χ0) is 27.2. The van der Waals surface area contributed by atoms with Crippen molar-refractivity contribution in [3.05, 3.63) is 134 Å². The van der Waals surface area contributed by atoms with Gasteiger partial charge in [-0.05, 0) is 65.0 Å². The van der Waals surface area contributed by atoms with Crippen LogP contribution >= 0.6 is 0 Å². The summed E-state index contributed by atoms with van der Waals surface area (Å²) < 4.78 is 6.54. The molecular formula is C36H22N4O. The first-order chi connectivity index (χ1) is 20.3. The van der Waals surface area contributed by atoms with E-state index in [0.717, 1.165) is 77.6 Å². The number of benzene rings is 3. The van der Waals surface area contributed by atoms with Crippen molar-refractivity contribution in [1.82, 2.24) is 19.9 Å². The molecule has 0 aliphatic rings. The first-order valence-electron chi connectivity index (χ1n) is 13.5. The maximum atomic E-state index is 6.54. The van der Waals surface area contributed by atoms with Crippen molar-refractivity contribution in [2.24, 2.45) is 0 Å². The lowest BCUT2D eigenvalue weighted by atomic mass is 9.94. The molecule has 5 heterocycles. The van der Waals surface area contributed by atoms with Crippen LogP contribution in [0, 0.1) is 0 Å². The van der Waals surface area contributed by atoms with Crippen LogP contribution in [0.15, 0.2) is 139 Å². The van der Waals surface area contributed by atoms with E-state index in [9.17, 15) is 0 Å². The summed E-state index contributed by atoms with van der Waals surface area (Å²) in [5, 5.41) is 4.33. The Bertz CT molecular complexity index is 2170. The normalized spacial score (nSPS) is 11.4. The van der Waals surface area contributed by atoms with Gasteiger partial charge in [-0.3, -0.25) is 19.9 Å². The molecule has 5 nitrogen and oxygen atoms in total. The van der Waals surface area contributed by atoms with E-state index in [-0.39, 0.29) is 0 Å². The van der Waals surface area contributed by atoms with Crippen LogP contribution in [0.4, 0.5) is 0 Å². The number of furan rings is 1. The first kappa shape index (κ1) is 23.2. The van der Waals surface area contributed by atoms with Gasteiger partial charge in [0.05, 0.1) is 17.1 Å². The van der Waals surface area contributed by atoms with Crippen LogP contribution in [-0.2, 0) is 0 Å². The van der Waals surface area contributed by atoms with Crippen LogP contribution in [0.1, 0.15) is 0 Å². The molecule has 0 fully saturated rings. The molecule has 192 valence electrons. The maximum Gasteiger partial charge on any atom is 0.143 e. The van der Waals surface area contributed by atoms with E-state index in [1.54, 1.807) is 12.4 Å². The Balaban J connectivity index is 1.32. The Kier molecular flexibility index (Phi) is 5.38. The highest BCUT2D eigenvalue weighted by Gasteiger charge is 2.18. The van der Waals surface area contributed by atoms with Crippen molar-refractivity contribution >= 4 is 32.7 Å². The van der Waals surface area contributed by atoms with E-state index in [0.29, 0.717) is 0 Å². The van der Waals surface area contributed by atoms with Gasteiger partial charge in [0.15, 0.2) is 0 Å². The van der Waals surface area contributed by atoms with Gasteiger partial charge in [0.25, 0.3) is 0 Å². The number of nitrogens with zero attached hydrogens (tertiary/aromatic N) is 4. The zero-order valence-electron chi connectivity index (χ0n) is 21.9. The highest BCUT2D eigenvalue weighted by atomic mass is 16.3. The predicted octanol–water partition coefficient (Wildman–Crippen LogP) is 8.99. The molecule has 0 spiro atoms. The standard InChI is InChI=1S/C36H22N4O/c1-2-9-28-27(8-1)29(24-14-16-33(40-22-24)32-11-3-4-18-38-32)19-30-35-26(10-5-12-34(35)41-36(28)30)23-13-15-31(39-21-23)25-7-6-17-37-20-25/h1-22H. The van der Waals surface area contributed by atoms with E-state index in [2.05, 4.69) is 58.5 Å². The van der Waals surface area contributed by atoms with Gasteiger partial charge in [0, 0.05) is 63.8 Å². The van der Waals surface area contributed by atoms with Gasteiger partial charge in [0.1, 0.15) is 11.2 Å². The van der Waals surface area contributed by atoms with Crippen molar-refractivity contribution < 1.29 is 4.42 Å². The Morgan fingerprint density at radius 2 is 1.24 bits per heavy atom. The molecule has 0 amide bonds. The van der Waals surface area contributed by atoms with E-state index in [1.165, 1.54) is 0 Å². The van der Waals surface area contributed by atoms with E-state index < -0.39 is 0 Å². The number of rotatable bonds is 4. The Morgan fingerprint density at radius 3 is 2.00 bits per heavy atom. The van der Waals surface area contributed by atoms with Gasteiger partial charge in [0.2, 0.25) is 0 Å². The summed E-state index contributed by atoms with van der Waals surface area (Å²) in [6.07, 6.45) is 9.25. The fraction of sp³-hybridized carbons (Fsp3) is 0. The molecular weight excluding hydrogens is 504 g/mol. The number of hydrogen-bond donors (Lipinski definition) is 0. The first-order valence-corrected chi connectivity index (χ1v) is 13.5. The van der Waals surface area contributed by atoms with E-state index in [4.69, 9.17) is 14.4 Å². The van der Waals surface area contributed by atoms with Crippen molar-refractivity contribution in [3.63, 3.8) is 0 Å². The lowest BCUT2D eigenvalue weighted by Crippen LogP contribution is -1.89. The smallest absolute Gasteiger partial charge is 0.143 e. The van der Waals surface area contributed by atoms with Crippen LogP contribution in [-0.4, -0.2) is 19.9 Å². The lowest BCUT2D eigenvalue weighted by molar-refractivity contribution is 0.673. The molecule has 41 heavy (non-hydrogen) atoms. The number of hydrogen-bond acceptors (Lipinski definition) is 5. The fourth-order valence-electron chi connectivity index (χ4n) is 5.58. The van der Waals surface area contributed by atoms with Gasteiger partial charge in [-0.2, -0.15) is 0 Å². The average molecular weight is 527 g/mol. The molecule has 0 unspecified atom stereocenters. The van der Waals surface area contributed by atoms with Gasteiger partial charge >= 0.3 is 0 Å².